The lowest BCUT2D eigenvalue weighted by Gasteiger charge is -2.44. The molecule has 4 saturated heterocycles. The maximum absolute atomic E-state index is 15.4. The van der Waals surface area contributed by atoms with Gasteiger partial charge in [0.15, 0.2) is 0 Å². The Balaban J connectivity index is 1.09. The molecular weight excluding hydrogens is 814 g/mol. The molecule has 8 heterocycles. The second-order valence-corrected chi connectivity index (χ2v) is 15.6. The number of anilines is 6. The maximum Gasteiger partial charge on any atom is 0.416 e. The SMILES string of the molecule is FC1(F)CCN(c2nc(Nc3cc(C(F)(F)F)ccn3)cc(C3CCN(C4CCC(F)(F)CN4c4nc(Nc5cc(C(F)(F)F)ccn5)cc(C5CCNCC5)n4)C3)n2)C1. The predicted molar refractivity (Wildman–Crippen MR) is 200 cm³/mol. The molecule has 22 heteroatoms. The van der Waals surface area contributed by atoms with Crippen LogP contribution in [-0.2, 0) is 12.4 Å². The average Bonchev–Trinajstić information content (AvgIpc) is 3.84. The summed E-state index contributed by atoms with van der Waals surface area (Å²) in [4.78, 5) is 31.1. The monoisotopic (exact) mass is 854 g/mol. The van der Waals surface area contributed by atoms with Crippen LogP contribution in [0.15, 0.2) is 48.8 Å². The van der Waals surface area contributed by atoms with Crippen molar-refractivity contribution in [3.05, 3.63) is 71.3 Å². The van der Waals surface area contributed by atoms with Gasteiger partial charge in [0.05, 0.1) is 41.8 Å². The van der Waals surface area contributed by atoms with Crippen LogP contribution in [-0.4, -0.2) is 98.6 Å². The number of aromatic nitrogens is 6. The highest BCUT2D eigenvalue weighted by molar-refractivity contribution is 5.57. The van der Waals surface area contributed by atoms with Crippen molar-refractivity contribution in [1.82, 2.24) is 40.1 Å². The minimum atomic E-state index is -4.65. The molecule has 4 aliphatic rings. The number of nitrogens with one attached hydrogen (secondary N) is 3. The molecule has 4 aliphatic heterocycles. The Hall–Kier alpha value is -5.12. The van der Waals surface area contributed by atoms with E-state index in [1.807, 2.05) is 4.90 Å². The third-order valence-corrected chi connectivity index (χ3v) is 11.2. The van der Waals surface area contributed by atoms with Crippen LogP contribution >= 0.6 is 0 Å². The van der Waals surface area contributed by atoms with Gasteiger partial charge in [0.25, 0.3) is 11.8 Å². The van der Waals surface area contributed by atoms with Crippen molar-refractivity contribution in [2.75, 3.05) is 66.2 Å². The van der Waals surface area contributed by atoms with E-state index < -0.39 is 67.4 Å². The van der Waals surface area contributed by atoms with Crippen LogP contribution in [0, 0.1) is 0 Å². The molecule has 0 aliphatic carbocycles. The minimum Gasteiger partial charge on any atom is -0.334 e. The largest absolute Gasteiger partial charge is 0.416 e. The molecule has 2 unspecified atom stereocenters. The van der Waals surface area contributed by atoms with Crippen molar-refractivity contribution in [3.63, 3.8) is 0 Å². The summed E-state index contributed by atoms with van der Waals surface area (Å²) in [7, 11) is 0. The molecule has 8 rings (SSSR count). The number of likely N-dealkylation sites (tertiary alicyclic amines) is 1. The Kier molecular flexibility index (Phi) is 11.1. The minimum absolute atomic E-state index is 0.00447. The van der Waals surface area contributed by atoms with Gasteiger partial charge in [-0.25, -0.2) is 37.5 Å². The van der Waals surface area contributed by atoms with Gasteiger partial charge in [0, 0.05) is 68.8 Å². The number of hydrogen-bond donors (Lipinski definition) is 3. The van der Waals surface area contributed by atoms with Crippen molar-refractivity contribution < 1.29 is 43.9 Å². The summed E-state index contributed by atoms with van der Waals surface area (Å²) in [5.74, 6) is -6.87. The lowest BCUT2D eigenvalue weighted by atomic mass is 9.94. The summed E-state index contributed by atoms with van der Waals surface area (Å²) in [6.07, 6.45) is -7.00. The summed E-state index contributed by atoms with van der Waals surface area (Å²) < 4.78 is 141. The normalized spacial score (nSPS) is 22.6. The lowest BCUT2D eigenvalue weighted by molar-refractivity contribution is -0.138. The Labute approximate surface area is 337 Å². The molecule has 4 fully saturated rings. The molecule has 322 valence electrons. The van der Waals surface area contributed by atoms with E-state index in [4.69, 9.17) is 4.98 Å². The van der Waals surface area contributed by atoms with Gasteiger partial charge in [-0.1, -0.05) is 0 Å². The first-order chi connectivity index (χ1) is 28.4. The fraction of sp³-hybridized carbons (Fsp3) is 0.526. The number of piperidine rings is 2. The lowest BCUT2D eigenvalue weighted by Crippen LogP contribution is -2.56. The van der Waals surface area contributed by atoms with Gasteiger partial charge in [-0.2, -0.15) is 36.3 Å². The van der Waals surface area contributed by atoms with Crippen molar-refractivity contribution in [3.8, 4) is 0 Å². The van der Waals surface area contributed by atoms with Crippen LogP contribution < -0.4 is 25.8 Å². The van der Waals surface area contributed by atoms with Gasteiger partial charge in [-0.15, -0.1) is 0 Å². The average molecular weight is 855 g/mol. The summed E-state index contributed by atoms with van der Waals surface area (Å²) >= 11 is 0. The van der Waals surface area contributed by atoms with E-state index in [-0.39, 0.29) is 66.5 Å². The van der Waals surface area contributed by atoms with Gasteiger partial charge in [-0.05, 0) is 63.0 Å². The van der Waals surface area contributed by atoms with E-state index in [1.165, 1.54) is 15.9 Å². The molecule has 4 aromatic heterocycles. The smallest absolute Gasteiger partial charge is 0.334 e. The van der Waals surface area contributed by atoms with Crippen LogP contribution in [0.5, 0.6) is 0 Å². The van der Waals surface area contributed by atoms with E-state index in [1.54, 1.807) is 6.07 Å². The van der Waals surface area contributed by atoms with Crippen molar-refractivity contribution >= 4 is 35.2 Å². The molecule has 3 N–H and O–H groups in total. The first-order valence-electron chi connectivity index (χ1n) is 19.5. The highest BCUT2D eigenvalue weighted by atomic mass is 19.4. The molecule has 2 atom stereocenters. The predicted octanol–water partition coefficient (Wildman–Crippen LogP) is 7.94. The molecule has 0 radical (unpaired) electrons. The second-order valence-electron chi connectivity index (χ2n) is 15.6. The molecule has 0 aromatic carbocycles. The standard InChI is InChI=1S/C38H40F10N12/c39-35(40)7-1-32(60(21-35)34-53-26(22-2-9-49-10-3-22)17-31(57-34)55-29-16-25(5-12-51-29)38(46,47)48)58-13-6-23(19-58)27-18-30(54-28-15-24(4-11-50-28)37(43,44)45)56-33(52-27)59-14-8-36(41,42)20-59/h4-5,11-12,15-18,22-23,32,49H,1-3,6-10,13-14,19-21H2,(H,50,52,54,56)(H,51,53,55,57). The summed E-state index contributed by atoms with van der Waals surface area (Å²) in [6.45, 7) is 0.570. The molecule has 0 spiro atoms. The number of pyridine rings is 2. The third kappa shape index (κ3) is 9.58. The molecule has 0 amide bonds. The Morgan fingerprint density at radius 2 is 1.18 bits per heavy atom. The van der Waals surface area contributed by atoms with Crippen LogP contribution in [0.25, 0.3) is 0 Å². The van der Waals surface area contributed by atoms with Crippen LogP contribution in [0.3, 0.4) is 0 Å². The molecular formula is C38H40F10N12. The van der Waals surface area contributed by atoms with Gasteiger partial charge < -0.3 is 25.8 Å². The molecule has 12 nitrogen and oxygen atoms in total. The molecule has 0 bridgehead atoms. The number of halogens is 10. The number of hydrogen-bond acceptors (Lipinski definition) is 12. The maximum atomic E-state index is 15.4. The van der Waals surface area contributed by atoms with Crippen molar-refractivity contribution in [2.24, 2.45) is 0 Å². The second kappa shape index (κ2) is 16.1. The molecule has 4 aromatic rings. The first-order valence-corrected chi connectivity index (χ1v) is 19.5. The van der Waals surface area contributed by atoms with E-state index in [2.05, 4.69) is 40.9 Å². The van der Waals surface area contributed by atoms with Crippen molar-refractivity contribution in [2.45, 2.75) is 80.7 Å². The van der Waals surface area contributed by atoms with Crippen LogP contribution in [0.2, 0.25) is 0 Å². The van der Waals surface area contributed by atoms with E-state index >= 15 is 8.78 Å². The zero-order valence-corrected chi connectivity index (χ0v) is 31.8. The number of alkyl halides is 10. The van der Waals surface area contributed by atoms with Crippen LogP contribution in [0.1, 0.15) is 72.9 Å². The van der Waals surface area contributed by atoms with E-state index in [9.17, 15) is 35.1 Å². The zero-order valence-electron chi connectivity index (χ0n) is 31.8. The summed E-state index contributed by atoms with van der Waals surface area (Å²) in [5, 5.41) is 8.88. The molecule has 0 saturated carbocycles. The first kappa shape index (κ1) is 41.6. The van der Waals surface area contributed by atoms with E-state index in [0.717, 1.165) is 36.7 Å². The third-order valence-electron chi connectivity index (χ3n) is 11.2. The van der Waals surface area contributed by atoms with Crippen LogP contribution in [0.4, 0.5) is 79.1 Å². The Morgan fingerprint density at radius 1 is 0.617 bits per heavy atom. The summed E-state index contributed by atoms with van der Waals surface area (Å²) in [6, 6.07) is 6.40. The number of rotatable bonds is 9. The Bertz CT molecular complexity index is 2160. The quantitative estimate of drug-likeness (QED) is 0.142. The summed E-state index contributed by atoms with van der Waals surface area (Å²) in [5.41, 5.74) is -0.942. The van der Waals surface area contributed by atoms with Gasteiger partial charge >= 0.3 is 12.4 Å². The van der Waals surface area contributed by atoms with E-state index in [0.29, 0.717) is 50.3 Å². The highest BCUT2D eigenvalue weighted by Gasteiger charge is 2.46. The topological polar surface area (TPSA) is 123 Å². The van der Waals surface area contributed by atoms with Crippen molar-refractivity contribution in [1.29, 1.82) is 0 Å². The van der Waals surface area contributed by atoms with Gasteiger partial charge in [0.2, 0.25) is 11.9 Å². The molecule has 60 heavy (non-hydrogen) atoms. The fourth-order valence-corrected chi connectivity index (χ4v) is 8.17. The number of nitrogens with zero attached hydrogens (tertiary/aromatic N) is 9. The van der Waals surface area contributed by atoms with Gasteiger partial charge in [0.1, 0.15) is 23.3 Å². The highest BCUT2D eigenvalue weighted by Crippen LogP contribution is 2.40. The fourth-order valence-electron chi connectivity index (χ4n) is 8.17. The van der Waals surface area contributed by atoms with Gasteiger partial charge in [-0.3, -0.25) is 4.90 Å². The zero-order chi connectivity index (χ0) is 42.5. The Morgan fingerprint density at radius 3 is 1.77 bits per heavy atom.